The van der Waals surface area contributed by atoms with Gasteiger partial charge in [-0.25, -0.2) is 4.98 Å². The molecule has 0 saturated heterocycles. The molecule has 3 nitrogen and oxygen atoms in total. The molecule has 0 saturated carbocycles. The number of alkyl halides is 1. The zero-order valence-corrected chi connectivity index (χ0v) is 10.7. The number of halogens is 1. The van der Waals surface area contributed by atoms with Crippen molar-refractivity contribution in [3.63, 3.8) is 0 Å². The average molecular weight is 247 g/mol. The molecule has 0 aliphatic rings. The van der Waals surface area contributed by atoms with E-state index in [1.807, 2.05) is 20.0 Å². The van der Waals surface area contributed by atoms with Gasteiger partial charge in [0.25, 0.3) is 0 Å². The molecular formula is C10H15ClN2OS. The second-order valence-electron chi connectivity index (χ2n) is 3.60. The maximum atomic E-state index is 11.7. The van der Waals surface area contributed by atoms with Gasteiger partial charge in [-0.3, -0.25) is 4.79 Å². The second kappa shape index (κ2) is 5.47. The Morgan fingerprint density at radius 3 is 2.87 bits per heavy atom. The van der Waals surface area contributed by atoms with Crippen molar-refractivity contribution in [1.29, 1.82) is 0 Å². The third kappa shape index (κ3) is 3.47. The summed E-state index contributed by atoms with van der Waals surface area (Å²) < 4.78 is 0. The Hall–Kier alpha value is -0.610. The molecule has 0 bridgehead atoms. The molecule has 0 radical (unpaired) electrons. The number of aromatic nitrogens is 1. The van der Waals surface area contributed by atoms with Crippen LogP contribution >= 0.6 is 22.9 Å². The highest BCUT2D eigenvalue weighted by Gasteiger charge is 2.16. The molecule has 0 aliphatic carbocycles. The minimum Gasteiger partial charge on any atom is -0.340 e. The molecule has 1 rings (SSSR count). The number of thiazole rings is 1. The number of nitrogens with zero attached hydrogens (tertiary/aromatic N) is 2. The van der Waals surface area contributed by atoms with Crippen LogP contribution in [0.15, 0.2) is 6.20 Å². The van der Waals surface area contributed by atoms with Crippen molar-refractivity contribution in [3.05, 3.63) is 16.1 Å². The van der Waals surface area contributed by atoms with E-state index in [4.69, 9.17) is 11.6 Å². The fraction of sp³-hybridized carbons (Fsp3) is 0.600. The normalized spacial score (nSPS) is 12.5. The van der Waals surface area contributed by atoms with E-state index in [2.05, 4.69) is 4.98 Å². The Morgan fingerprint density at radius 2 is 2.40 bits per heavy atom. The first-order valence-electron chi connectivity index (χ1n) is 4.76. The van der Waals surface area contributed by atoms with Crippen molar-refractivity contribution >= 4 is 28.8 Å². The molecule has 0 N–H and O–H groups in total. The predicted molar refractivity (Wildman–Crippen MR) is 63.2 cm³/mol. The Labute approximate surface area is 99.1 Å². The topological polar surface area (TPSA) is 33.2 Å². The number of aryl methyl sites for hydroxylation is 1. The summed E-state index contributed by atoms with van der Waals surface area (Å²) in [6, 6.07) is 0. The Balaban J connectivity index is 2.55. The lowest BCUT2D eigenvalue weighted by atomic mass is 10.2. The molecule has 5 heteroatoms. The van der Waals surface area contributed by atoms with Gasteiger partial charge >= 0.3 is 0 Å². The first kappa shape index (κ1) is 12.5. The molecule has 1 aromatic heterocycles. The Kier molecular flexibility index (Phi) is 4.54. The highest BCUT2D eigenvalue weighted by Crippen LogP contribution is 2.14. The van der Waals surface area contributed by atoms with E-state index in [-0.39, 0.29) is 11.8 Å². The van der Waals surface area contributed by atoms with E-state index < -0.39 is 0 Å². The van der Waals surface area contributed by atoms with Gasteiger partial charge in [0.15, 0.2) is 0 Å². The zero-order chi connectivity index (χ0) is 11.4. The van der Waals surface area contributed by atoms with Crippen molar-refractivity contribution in [2.75, 3.05) is 12.9 Å². The predicted octanol–water partition coefficient (Wildman–Crippen LogP) is 2.28. The van der Waals surface area contributed by atoms with Crippen molar-refractivity contribution in [2.45, 2.75) is 20.4 Å². The Bertz CT molecular complexity index is 340. The van der Waals surface area contributed by atoms with Crippen LogP contribution in [-0.4, -0.2) is 28.7 Å². The van der Waals surface area contributed by atoms with Gasteiger partial charge in [-0.2, -0.15) is 0 Å². The van der Waals surface area contributed by atoms with Gasteiger partial charge in [-0.05, 0) is 6.92 Å². The minimum atomic E-state index is -0.120. The first-order valence-corrected chi connectivity index (χ1v) is 6.12. The van der Waals surface area contributed by atoms with Crippen LogP contribution in [0.2, 0.25) is 0 Å². The van der Waals surface area contributed by atoms with E-state index in [9.17, 15) is 4.79 Å². The number of carbonyl (C=O) groups excluding carboxylic acids is 1. The van der Waals surface area contributed by atoms with Gasteiger partial charge in [0.05, 0.1) is 11.6 Å². The van der Waals surface area contributed by atoms with E-state index in [0.717, 1.165) is 9.88 Å². The summed E-state index contributed by atoms with van der Waals surface area (Å²) in [5.74, 6) is 0.326. The van der Waals surface area contributed by atoms with Crippen molar-refractivity contribution < 1.29 is 4.79 Å². The maximum Gasteiger partial charge on any atom is 0.226 e. The standard InChI is InChI=1S/C10H15ClN2OS/c1-7(4-11)10(14)13(3)6-9-5-12-8(2)15-9/h5,7H,4,6H2,1-3H3. The van der Waals surface area contributed by atoms with Gasteiger partial charge in [0.2, 0.25) is 5.91 Å². The van der Waals surface area contributed by atoms with Gasteiger partial charge < -0.3 is 4.90 Å². The highest BCUT2D eigenvalue weighted by molar-refractivity contribution is 7.11. The molecule has 1 atom stereocenters. The molecule has 15 heavy (non-hydrogen) atoms. The molecular weight excluding hydrogens is 232 g/mol. The zero-order valence-electron chi connectivity index (χ0n) is 9.16. The number of rotatable bonds is 4. The lowest BCUT2D eigenvalue weighted by Crippen LogP contribution is -2.31. The molecule has 0 aliphatic heterocycles. The SMILES string of the molecule is Cc1ncc(CN(C)C(=O)C(C)CCl)s1. The summed E-state index contributed by atoms with van der Waals surface area (Å²) >= 11 is 7.26. The summed E-state index contributed by atoms with van der Waals surface area (Å²) in [6.45, 7) is 4.41. The number of hydrogen-bond acceptors (Lipinski definition) is 3. The molecule has 84 valence electrons. The molecule has 1 heterocycles. The summed E-state index contributed by atoms with van der Waals surface area (Å²) in [4.78, 5) is 18.7. The molecule has 0 aromatic carbocycles. The third-order valence-electron chi connectivity index (χ3n) is 2.09. The molecule has 0 fully saturated rings. The fourth-order valence-electron chi connectivity index (χ4n) is 1.23. The summed E-state index contributed by atoms with van der Waals surface area (Å²) in [7, 11) is 1.79. The first-order chi connectivity index (χ1) is 7.04. The fourth-order valence-corrected chi connectivity index (χ4v) is 2.21. The maximum absolute atomic E-state index is 11.7. The molecule has 0 spiro atoms. The van der Waals surface area contributed by atoms with E-state index in [0.29, 0.717) is 12.4 Å². The minimum absolute atomic E-state index is 0.0797. The van der Waals surface area contributed by atoms with Crippen LogP contribution < -0.4 is 0 Å². The van der Waals surface area contributed by atoms with Crippen molar-refractivity contribution in [1.82, 2.24) is 9.88 Å². The molecule has 1 aromatic rings. The van der Waals surface area contributed by atoms with Crippen molar-refractivity contribution in [3.8, 4) is 0 Å². The van der Waals surface area contributed by atoms with Gasteiger partial charge in [-0.15, -0.1) is 22.9 Å². The van der Waals surface area contributed by atoms with Crippen molar-refractivity contribution in [2.24, 2.45) is 5.92 Å². The van der Waals surface area contributed by atoms with Crippen LogP contribution in [0.4, 0.5) is 0 Å². The highest BCUT2D eigenvalue weighted by atomic mass is 35.5. The van der Waals surface area contributed by atoms with Gasteiger partial charge in [0.1, 0.15) is 0 Å². The monoisotopic (exact) mass is 246 g/mol. The van der Waals surface area contributed by atoms with Crippen LogP contribution in [0, 0.1) is 12.8 Å². The Morgan fingerprint density at radius 1 is 1.73 bits per heavy atom. The molecule has 1 amide bonds. The summed E-state index contributed by atoms with van der Waals surface area (Å²) in [6.07, 6.45) is 1.81. The lowest BCUT2D eigenvalue weighted by Gasteiger charge is -2.19. The van der Waals surface area contributed by atoms with E-state index in [1.165, 1.54) is 0 Å². The number of amides is 1. The molecule has 1 unspecified atom stereocenters. The van der Waals surface area contributed by atoms with E-state index in [1.54, 1.807) is 23.3 Å². The van der Waals surface area contributed by atoms with E-state index >= 15 is 0 Å². The summed E-state index contributed by atoms with van der Waals surface area (Å²) in [5.41, 5.74) is 0. The van der Waals surface area contributed by atoms with Crippen LogP contribution in [0.25, 0.3) is 0 Å². The van der Waals surface area contributed by atoms with Crippen LogP contribution in [0.1, 0.15) is 16.8 Å². The van der Waals surface area contributed by atoms with Gasteiger partial charge in [-0.1, -0.05) is 6.92 Å². The van der Waals surface area contributed by atoms with Crippen LogP contribution in [0.5, 0.6) is 0 Å². The number of hydrogen-bond donors (Lipinski definition) is 0. The summed E-state index contributed by atoms with van der Waals surface area (Å²) in [5, 5.41) is 1.02. The smallest absolute Gasteiger partial charge is 0.226 e. The average Bonchev–Trinajstić information content (AvgIpc) is 2.61. The largest absolute Gasteiger partial charge is 0.340 e. The lowest BCUT2D eigenvalue weighted by molar-refractivity contribution is -0.133. The van der Waals surface area contributed by atoms with Crippen LogP contribution in [0.3, 0.4) is 0 Å². The van der Waals surface area contributed by atoms with Crippen LogP contribution in [-0.2, 0) is 11.3 Å². The number of carbonyl (C=O) groups is 1. The van der Waals surface area contributed by atoms with Gasteiger partial charge in [0, 0.05) is 29.9 Å². The quantitative estimate of drug-likeness (QED) is 0.764. The third-order valence-corrected chi connectivity index (χ3v) is 3.45. The second-order valence-corrected chi connectivity index (χ2v) is 5.22.